The minimum Gasteiger partial charge on any atom is -0.466 e. The van der Waals surface area contributed by atoms with Gasteiger partial charge in [-0.1, -0.05) is 56.1 Å². The molecule has 0 aromatic heterocycles. The summed E-state index contributed by atoms with van der Waals surface area (Å²) in [5.74, 6) is -13.1. The van der Waals surface area contributed by atoms with Crippen molar-refractivity contribution < 1.29 is 46.9 Å². The van der Waals surface area contributed by atoms with Crippen molar-refractivity contribution >= 4 is 55.7 Å². The lowest BCUT2D eigenvalue weighted by molar-refractivity contribution is -0.419. The topological polar surface area (TPSA) is 131 Å². The highest BCUT2D eigenvalue weighted by Gasteiger charge is 2.78. The van der Waals surface area contributed by atoms with E-state index in [1.807, 2.05) is 10.6 Å². The predicted molar refractivity (Wildman–Crippen MR) is 130 cm³/mol. The average molecular weight is 664 g/mol. The summed E-state index contributed by atoms with van der Waals surface area (Å²) in [6.45, 7) is 0.957. The molecule has 2 aromatic carbocycles. The first-order valence-corrected chi connectivity index (χ1v) is 12.7. The van der Waals surface area contributed by atoms with Gasteiger partial charge in [-0.2, -0.15) is 13.2 Å². The van der Waals surface area contributed by atoms with Gasteiger partial charge in [-0.15, -0.1) is 0 Å². The third-order valence-electron chi connectivity index (χ3n) is 6.51. The molecule has 0 aliphatic carbocycles. The first kappa shape index (κ1) is 28.2. The molecule has 2 aromatic rings. The molecule has 2 fully saturated rings. The number of rotatable bonds is 4. The van der Waals surface area contributed by atoms with Gasteiger partial charge in [0.2, 0.25) is 11.8 Å². The van der Waals surface area contributed by atoms with Crippen LogP contribution in [0.2, 0.25) is 0 Å². The van der Waals surface area contributed by atoms with E-state index in [0.717, 1.165) is 0 Å². The zero-order chi connectivity index (χ0) is 28.0. The Hall–Kier alpha value is -2.81. The SMILES string of the molecule is CCOC(=O)[C@@H]1[C@@H](c2ccc(Br)cc2)C2(C(=O)NC(=O)NC2=O)[C@@H](c2ccc(Br)cc2)O[C@@]1(O)C(F)(F)F. The molecule has 0 unspecified atom stereocenters. The second-order valence-electron chi connectivity index (χ2n) is 8.61. The number of aliphatic hydroxyl groups is 1. The van der Waals surface area contributed by atoms with Crippen molar-refractivity contribution in [2.24, 2.45) is 11.3 Å². The number of imide groups is 2. The van der Waals surface area contributed by atoms with Gasteiger partial charge in [0.05, 0.1) is 6.61 Å². The molecule has 2 saturated heterocycles. The number of nitrogens with one attached hydrogen (secondary N) is 2. The number of hydrogen-bond acceptors (Lipinski definition) is 7. The van der Waals surface area contributed by atoms with E-state index in [0.29, 0.717) is 8.95 Å². The number of urea groups is 1. The molecule has 1 spiro atoms. The van der Waals surface area contributed by atoms with Crippen LogP contribution in [0.1, 0.15) is 30.1 Å². The van der Waals surface area contributed by atoms with Crippen molar-refractivity contribution in [2.75, 3.05) is 6.61 Å². The van der Waals surface area contributed by atoms with Gasteiger partial charge >= 0.3 is 18.2 Å². The largest absolute Gasteiger partial charge is 0.466 e. The van der Waals surface area contributed by atoms with E-state index >= 15 is 0 Å². The van der Waals surface area contributed by atoms with E-state index < -0.39 is 59.1 Å². The lowest BCUT2D eigenvalue weighted by Gasteiger charge is -2.55. The van der Waals surface area contributed by atoms with Gasteiger partial charge in [-0.25, -0.2) is 4.79 Å². The minimum atomic E-state index is -5.59. The fourth-order valence-corrected chi connectivity index (χ4v) is 5.46. The molecule has 0 bridgehead atoms. The summed E-state index contributed by atoms with van der Waals surface area (Å²) < 4.78 is 55.1. The number of ether oxygens (including phenoxy) is 2. The second kappa shape index (κ2) is 10.1. The van der Waals surface area contributed by atoms with Crippen molar-refractivity contribution in [3.8, 4) is 0 Å². The smallest absolute Gasteiger partial charge is 0.444 e. The number of hydrogen-bond donors (Lipinski definition) is 3. The fourth-order valence-electron chi connectivity index (χ4n) is 4.93. The predicted octanol–water partition coefficient (Wildman–Crippen LogP) is 3.85. The third kappa shape index (κ3) is 4.42. The van der Waals surface area contributed by atoms with Gasteiger partial charge in [-0.05, 0) is 42.3 Å². The first-order chi connectivity index (χ1) is 17.8. The molecule has 2 aliphatic rings. The Morgan fingerprint density at radius 1 is 0.974 bits per heavy atom. The summed E-state index contributed by atoms with van der Waals surface area (Å²) in [7, 11) is 0. The van der Waals surface area contributed by atoms with E-state index in [9.17, 15) is 37.5 Å². The van der Waals surface area contributed by atoms with Crippen LogP contribution in [0.15, 0.2) is 57.5 Å². The molecule has 9 nitrogen and oxygen atoms in total. The van der Waals surface area contributed by atoms with Crippen LogP contribution in [0.5, 0.6) is 0 Å². The molecule has 4 rings (SSSR count). The summed E-state index contributed by atoms with van der Waals surface area (Å²) in [4.78, 5) is 52.6. The number of benzene rings is 2. The van der Waals surface area contributed by atoms with E-state index in [1.54, 1.807) is 0 Å². The van der Waals surface area contributed by atoms with Gasteiger partial charge in [0.15, 0.2) is 5.41 Å². The van der Waals surface area contributed by atoms with Gasteiger partial charge in [0.25, 0.3) is 5.79 Å². The minimum absolute atomic E-state index is 0.0982. The number of amides is 4. The normalized spacial score (nSPS) is 27.0. The Morgan fingerprint density at radius 3 is 1.89 bits per heavy atom. The van der Waals surface area contributed by atoms with Crippen molar-refractivity contribution in [1.82, 2.24) is 10.6 Å². The lowest BCUT2D eigenvalue weighted by Crippen LogP contribution is -2.74. The highest BCUT2D eigenvalue weighted by Crippen LogP contribution is 2.63. The number of carbonyl (C=O) groups excluding carboxylic acids is 4. The van der Waals surface area contributed by atoms with Crippen molar-refractivity contribution in [2.45, 2.75) is 30.9 Å². The summed E-state index contributed by atoms with van der Waals surface area (Å²) in [5.41, 5.74) is -2.89. The van der Waals surface area contributed by atoms with Crippen LogP contribution in [0, 0.1) is 11.3 Å². The highest BCUT2D eigenvalue weighted by molar-refractivity contribution is 9.10. The maximum absolute atomic E-state index is 14.6. The standard InChI is InChI=1S/C24H19Br2F3N2O7/c1-2-37-18(32)16-15(11-3-7-13(25)8-4-11)22(19(33)30-21(35)31-20(22)34)17(12-5-9-14(26)10-6-12)38-23(16,36)24(27,28)29/h3-10,15-17,36H,2H2,1H3,(H2,30,31,33,34,35)/t15-,16+,17-,23-/m1/s1. The first-order valence-electron chi connectivity index (χ1n) is 11.1. The van der Waals surface area contributed by atoms with Crippen LogP contribution in [-0.4, -0.2) is 47.5 Å². The van der Waals surface area contributed by atoms with Gasteiger partial charge < -0.3 is 14.6 Å². The number of esters is 1. The molecule has 4 atom stereocenters. The molecule has 14 heteroatoms. The van der Waals surface area contributed by atoms with Crippen LogP contribution >= 0.6 is 31.9 Å². The molecular weight excluding hydrogens is 645 g/mol. The Labute approximate surface area is 230 Å². The Bertz CT molecular complexity index is 1270. The lowest BCUT2D eigenvalue weighted by atomic mass is 9.56. The van der Waals surface area contributed by atoms with Crippen molar-refractivity contribution in [1.29, 1.82) is 0 Å². The van der Waals surface area contributed by atoms with E-state index in [4.69, 9.17) is 9.47 Å². The second-order valence-corrected chi connectivity index (χ2v) is 10.4. The van der Waals surface area contributed by atoms with Crippen molar-refractivity contribution in [3.63, 3.8) is 0 Å². The average Bonchev–Trinajstić information content (AvgIpc) is 2.83. The van der Waals surface area contributed by atoms with Gasteiger partial charge in [-0.3, -0.25) is 25.0 Å². The summed E-state index contributed by atoms with van der Waals surface area (Å²) in [6, 6.07) is 9.64. The van der Waals surface area contributed by atoms with Gasteiger partial charge in [0.1, 0.15) is 12.0 Å². The van der Waals surface area contributed by atoms with Crippen LogP contribution in [0.25, 0.3) is 0 Å². The molecule has 38 heavy (non-hydrogen) atoms. The number of halogens is 5. The van der Waals surface area contributed by atoms with Crippen LogP contribution < -0.4 is 10.6 Å². The zero-order valence-electron chi connectivity index (χ0n) is 19.3. The van der Waals surface area contributed by atoms with E-state index in [2.05, 4.69) is 31.9 Å². The molecule has 0 radical (unpaired) electrons. The molecule has 0 saturated carbocycles. The van der Waals surface area contributed by atoms with Crippen molar-refractivity contribution in [3.05, 3.63) is 68.6 Å². The number of carbonyl (C=O) groups is 4. The van der Waals surface area contributed by atoms with Crippen LogP contribution in [-0.2, 0) is 23.9 Å². The zero-order valence-corrected chi connectivity index (χ0v) is 22.5. The van der Waals surface area contributed by atoms with Gasteiger partial charge in [0, 0.05) is 14.9 Å². The monoisotopic (exact) mass is 662 g/mol. The third-order valence-corrected chi connectivity index (χ3v) is 7.57. The Balaban J connectivity index is 2.13. The van der Waals surface area contributed by atoms with E-state index in [-0.39, 0.29) is 17.7 Å². The molecule has 2 aliphatic heterocycles. The van der Waals surface area contributed by atoms with Crippen LogP contribution in [0.4, 0.5) is 18.0 Å². The Morgan fingerprint density at radius 2 is 1.45 bits per heavy atom. The molecular formula is C24H19Br2F3N2O7. The highest BCUT2D eigenvalue weighted by atomic mass is 79.9. The quantitative estimate of drug-likeness (QED) is 0.335. The van der Waals surface area contributed by atoms with E-state index in [1.165, 1.54) is 55.5 Å². The fraction of sp³-hybridized carbons (Fsp3) is 0.333. The summed E-state index contributed by atoms with van der Waals surface area (Å²) in [6.07, 6.45) is -7.71. The number of barbiturate groups is 1. The molecule has 4 amide bonds. The molecule has 202 valence electrons. The number of alkyl halides is 3. The molecule has 3 N–H and O–H groups in total. The molecule has 2 heterocycles. The summed E-state index contributed by atoms with van der Waals surface area (Å²) in [5, 5.41) is 15.0. The maximum atomic E-state index is 14.6. The maximum Gasteiger partial charge on any atom is 0.444 e. The Kier molecular flexibility index (Phi) is 7.47. The van der Waals surface area contributed by atoms with Crippen LogP contribution in [0.3, 0.4) is 0 Å². The summed E-state index contributed by atoms with van der Waals surface area (Å²) >= 11 is 6.42.